The molecular formula is C21H17N3O3S. The van der Waals surface area contributed by atoms with Crippen molar-refractivity contribution in [1.29, 1.82) is 0 Å². The summed E-state index contributed by atoms with van der Waals surface area (Å²) in [5.41, 5.74) is 1.87. The molecule has 0 radical (unpaired) electrons. The van der Waals surface area contributed by atoms with Gasteiger partial charge in [-0.1, -0.05) is 24.3 Å². The Morgan fingerprint density at radius 3 is 2.75 bits per heavy atom. The lowest BCUT2D eigenvalue weighted by molar-refractivity contribution is 0.265. The number of carbonyl (C=O) groups excluding carboxylic acids is 1. The van der Waals surface area contributed by atoms with Crippen LogP contribution in [-0.2, 0) is 7.05 Å². The molecule has 0 spiro atoms. The Labute approximate surface area is 165 Å². The van der Waals surface area contributed by atoms with E-state index in [0.29, 0.717) is 27.7 Å². The second kappa shape index (κ2) is 7.36. The zero-order valence-electron chi connectivity index (χ0n) is 15.3. The van der Waals surface area contributed by atoms with Crippen LogP contribution in [0.2, 0.25) is 0 Å². The molecular weight excluding hydrogens is 374 g/mol. The molecule has 1 amide bonds. The van der Waals surface area contributed by atoms with Crippen LogP contribution < -0.4 is 15.6 Å². The summed E-state index contributed by atoms with van der Waals surface area (Å²) in [5, 5.41) is 3.46. The van der Waals surface area contributed by atoms with Gasteiger partial charge in [0.2, 0.25) is 0 Å². The number of aliphatic imine (C=N–C) groups is 1. The third-order valence-corrected chi connectivity index (χ3v) is 5.22. The fraction of sp³-hybridized carbons (Fsp3) is 0.0952. The number of pyridine rings is 1. The molecule has 1 saturated heterocycles. The van der Waals surface area contributed by atoms with E-state index in [9.17, 15) is 9.59 Å². The highest BCUT2D eigenvalue weighted by molar-refractivity contribution is 8.18. The number of carbonyl (C=O) groups is 1. The summed E-state index contributed by atoms with van der Waals surface area (Å²) >= 11 is 1.02. The van der Waals surface area contributed by atoms with Crippen molar-refractivity contribution in [2.75, 3.05) is 7.11 Å². The molecule has 0 atom stereocenters. The molecule has 140 valence electrons. The van der Waals surface area contributed by atoms with Gasteiger partial charge < -0.3 is 14.6 Å². The number of hydrogen-bond acceptors (Lipinski definition) is 5. The second-order valence-electron chi connectivity index (χ2n) is 6.21. The van der Waals surface area contributed by atoms with Gasteiger partial charge in [0, 0.05) is 18.7 Å². The normalized spacial score (nSPS) is 16.7. The van der Waals surface area contributed by atoms with Crippen LogP contribution in [0.1, 0.15) is 5.56 Å². The zero-order chi connectivity index (χ0) is 19.7. The molecule has 2 heterocycles. The van der Waals surface area contributed by atoms with E-state index in [1.54, 1.807) is 30.9 Å². The van der Waals surface area contributed by atoms with Crippen molar-refractivity contribution in [3.63, 3.8) is 0 Å². The number of ether oxygens (including phenoxy) is 1. The number of amides is 1. The summed E-state index contributed by atoms with van der Waals surface area (Å²) in [7, 11) is 3.32. The van der Waals surface area contributed by atoms with Crippen molar-refractivity contribution < 1.29 is 9.53 Å². The molecule has 7 heteroatoms. The van der Waals surface area contributed by atoms with Gasteiger partial charge >= 0.3 is 0 Å². The Bertz CT molecular complexity index is 1210. The first-order chi connectivity index (χ1) is 13.5. The van der Waals surface area contributed by atoms with Crippen molar-refractivity contribution in [3.05, 3.63) is 75.4 Å². The molecule has 0 bridgehead atoms. The number of methoxy groups -OCH3 is 1. The number of nitrogens with zero attached hydrogens (tertiary/aromatic N) is 2. The van der Waals surface area contributed by atoms with Crippen LogP contribution >= 0.6 is 11.8 Å². The van der Waals surface area contributed by atoms with Gasteiger partial charge in [-0.2, -0.15) is 0 Å². The van der Waals surface area contributed by atoms with E-state index in [1.165, 1.54) is 0 Å². The highest BCUT2D eigenvalue weighted by Crippen LogP contribution is 2.29. The number of aromatic nitrogens is 1. The van der Waals surface area contributed by atoms with Gasteiger partial charge in [-0.05, 0) is 47.5 Å². The number of aryl methyl sites for hydroxylation is 1. The largest absolute Gasteiger partial charge is 0.497 e. The Morgan fingerprint density at radius 1 is 1.11 bits per heavy atom. The van der Waals surface area contributed by atoms with E-state index >= 15 is 0 Å². The first-order valence-corrected chi connectivity index (χ1v) is 9.39. The van der Waals surface area contributed by atoms with E-state index < -0.39 is 0 Å². The first kappa shape index (κ1) is 18.1. The molecule has 0 unspecified atom stereocenters. The molecule has 4 rings (SSSR count). The minimum absolute atomic E-state index is 0.133. The van der Waals surface area contributed by atoms with Crippen LogP contribution in [0, 0.1) is 0 Å². The summed E-state index contributed by atoms with van der Waals surface area (Å²) in [5.74, 6) is 1.09. The number of rotatable bonds is 3. The monoisotopic (exact) mass is 391 g/mol. The Hall–Kier alpha value is -3.32. The summed E-state index contributed by atoms with van der Waals surface area (Å²) in [4.78, 5) is 29.8. The number of benzene rings is 2. The number of amidine groups is 1. The van der Waals surface area contributed by atoms with Crippen LogP contribution in [-0.4, -0.2) is 22.8 Å². The summed E-state index contributed by atoms with van der Waals surface area (Å²) in [6.45, 7) is 0. The third-order valence-electron chi connectivity index (χ3n) is 4.40. The van der Waals surface area contributed by atoms with Crippen molar-refractivity contribution >= 4 is 45.5 Å². The average Bonchev–Trinajstić information content (AvgIpc) is 3.04. The minimum atomic E-state index is -0.231. The molecule has 1 fully saturated rings. The SMILES string of the molecule is COc1cccc(N=C2NC(=O)S/C2=C\c2cc3ccccc3n(C)c2=O)c1. The molecule has 2 aromatic carbocycles. The van der Waals surface area contributed by atoms with Gasteiger partial charge in [0.05, 0.1) is 23.2 Å². The van der Waals surface area contributed by atoms with Crippen LogP contribution in [0.3, 0.4) is 0 Å². The Kier molecular flexibility index (Phi) is 4.75. The van der Waals surface area contributed by atoms with Gasteiger partial charge in [0.15, 0.2) is 0 Å². The molecule has 3 aromatic rings. The lowest BCUT2D eigenvalue weighted by Crippen LogP contribution is -2.20. The van der Waals surface area contributed by atoms with Crippen molar-refractivity contribution in [2.45, 2.75) is 0 Å². The Morgan fingerprint density at radius 2 is 1.93 bits per heavy atom. The minimum Gasteiger partial charge on any atom is -0.497 e. The van der Waals surface area contributed by atoms with Crippen LogP contribution in [0.4, 0.5) is 10.5 Å². The molecule has 0 saturated carbocycles. The quantitative estimate of drug-likeness (QED) is 0.730. The third kappa shape index (κ3) is 3.44. The van der Waals surface area contributed by atoms with Crippen molar-refractivity contribution in [2.24, 2.45) is 12.0 Å². The van der Waals surface area contributed by atoms with Crippen LogP contribution in [0.25, 0.3) is 17.0 Å². The van der Waals surface area contributed by atoms with E-state index in [4.69, 9.17) is 4.74 Å². The fourth-order valence-corrected chi connectivity index (χ4v) is 3.74. The molecule has 1 aliphatic rings. The lowest BCUT2D eigenvalue weighted by atomic mass is 10.1. The maximum Gasteiger partial charge on any atom is 0.289 e. The topological polar surface area (TPSA) is 72.7 Å². The van der Waals surface area contributed by atoms with Gasteiger partial charge in [0.1, 0.15) is 11.6 Å². The molecule has 0 aliphatic carbocycles. The standard InChI is InChI=1S/C21H17N3O3S/c1-24-17-9-4-3-6-13(17)10-14(20(24)25)11-18-19(23-21(26)28-18)22-15-7-5-8-16(12-15)27-2/h3-12H,1-2H3,(H,22,23,26)/b18-11-. The number of fused-ring (bicyclic) bond motifs is 1. The smallest absolute Gasteiger partial charge is 0.289 e. The van der Waals surface area contributed by atoms with E-state index in [-0.39, 0.29) is 10.8 Å². The van der Waals surface area contributed by atoms with Crippen molar-refractivity contribution in [1.82, 2.24) is 9.88 Å². The average molecular weight is 391 g/mol. The zero-order valence-corrected chi connectivity index (χ0v) is 16.1. The number of para-hydroxylation sites is 1. The number of nitrogens with one attached hydrogen (secondary N) is 1. The van der Waals surface area contributed by atoms with Crippen LogP contribution in [0.5, 0.6) is 5.75 Å². The predicted molar refractivity (Wildman–Crippen MR) is 113 cm³/mol. The molecule has 6 nitrogen and oxygen atoms in total. The predicted octanol–water partition coefficient (Wildman–Crippen LogP) is 4.07. The Balaban J connectivity index is 1.80. The molecule has 1 aromatic heterocycles. The molecule has 1 aliphatic heterocycles. The summed E-state index contributed by atoms with van der Waals surface area (Å²) < 4.78 is 6.82. The van der Waals surface area contributed by atoms with Gasteiger partial charge in [-0.25, -0.2) is 4.99 Å². The fourth-order valence-electron chi connectivity index (χ4n) is 3.01. The first-order valence-electron chi connectivity index (χ1n) is 8.57. The van der Waals surface area contributed by atoms with Gasteiger partial charge in [0.25, 0.3) is 10.8 Å². The summed E-state index contributed by atoms with van der Waals surface area (Å²) in [6.07, 6.45) is 1.70. The van der Waals surface area contributed by atoms with Crippen LogP contribution in [0.15, 0.2) is 69.3 Å². The molecule has 28 heavy (non-hydrogen) atoms. The maximum absolute atomic E-state index is 12.7. The maximum atomic E-state index is 12.7. The van der Waals surface area contributed by atoms with E-state index in [1.807, 2.05) is 48.5 Å². The van der Waals surface area contributed by atoms with Gasteiger partial charge in [-0.15, -0.1) is 0 Å². The molecule has 1 N–H and O–H groups in total. The van der Waals surface area contributed by atoms with Gasteiger partial charge in [-0.3, -0.25) is 9.59 Å². The lowest BCUT2D eigenvalue weighted by Gasteiger charge is -2.07. The number of hydrogen-bond donors (Lipinski definition) is 1. The van der Waals surface area contributed by atoms with E-state index in [0.717, 1.165) is 22.7 Å². The second-order valence-corrected chi connectivity index (χ2v) is 7.22. The number of thioether (sulfide) groups is 1. The highest BCUT2D eigenvalue weighted by atomic mass is 32.2. The van der Waals surface area contributed by atoms with Crippen molar-refractivity contribution in [3.8, 4) is 5.75 Å². The van der Waals surface area contributed by atoms with E-state index in [2.05, 4.69) is 10.3 Å². The highest BCUT2D eigenvalue weighted by Gasteiger charge is 2.24. The summed E-state index contributed by atoms with van der Waals surface area (Å²) in [6, 6.07) is 16.7.